The molecule has 3 aromatic rings. The number of primary amides is 1. The van der Waals surface area contributed by atoms with E-state index in [-0.39, 0.29) is 11.9 Å². The van der Waals surface area contributed by atoms with Crippen molar-refractivity contribution in [3.05, 3.63) is 66.4 Å². The van der Waals surface area contributed by atoms with Crippen LogP contribution in [-0.2, 0) is 11.3 Å². The number of aromatic nitrogens is 2. The van der Waals surface area contributed by atoms with Crippen LogP contribution in [0.25, 0.3) is 22.4 Å². The summed E-state index contributed by atoms with van der Waals surface area (Å²) in [6.45, 7) is 1.57. The van der Waals surface area contributed by atoms with Crippen LogP contribution < -0.4 is 5.73 Å². The number of nitrogens with two attached hydrogens (primary N) is 1. The summed E-state index contributed by atoms with van der Waals surface area (Å²) < 4.78 is 0. The first-order chi connectivity index (χ1) is 13.2. The Morgan fingerprint density at radius 1 is 1.04 bits per heavy atom. The predicted octanol–water partition coefficient (Wildman–Crippen LogP) is 3.58. The average Bonchev–Trinajstić information content (AvgIpc) is 3.17. The highest BCUT2D eigenvalue weighted by Gasteiger charge is 2.27. The van der Waals surface area contributed by atoms with Gasteiger partial charge < -0.3 is 5.73 Å². The van der Waals surface area contributed by atoms with Crippen molar-refractivity contribution in [3.8, 4) is 22.4 Å². The van der Waals surface area contributed by atoms with Crippen molar-refractivity contribution in [3.63, 3.8) is 0 Å². The second-order valence-corrected chi connectivity index (χ2v) is 7.10. The van der Waals surface area contributed by atoms with Gasteiger partial charge >= 0.3 is 0 Å². The van der Waals surface area contributed by atoms with Crippen LogP contribution in [0, 0.1) is 0 Å². The first-order valence-corrected chi connectivity index (χ1v) is 9.44. The number of hydrogen-bond acceptors (Lipinski definition) is 3. The highest BCUT2D eigenvalue weighted by atomic mass is 16.1. The zero-order chi connectivity index (χ0) is 18.6. The fraction of sp³-hybridized carbons (Fsp3) is 0.273. The summed E-state index contributed by atoms with van der Waals surface area (Å²) >= 11 is 0. The molecule has 1 fully saturated rings. The Balaban J connectivity index is 1.56. The maximum atomic E-state index is 11.8. The molecule has 1 aliphatic rings. The summed E-state index contributed by atoms with van der Waals surface area (Å²) in [6, 6.07) is 18.6. The van der Waals surface area contributed by atoms with Crippen LogP contribution >= 0.6 is 0 Å². The monoisotopic (exact) mass is 360 g/mol. The first-order valence-electron chi connectivity index (χ1n) is 9.44. The minimum Gasteiger partial charge on any atom is -0.368 e. The minimum absolute atomic E-state index is 0.179. The molecule has 138 valence electrons. The van der Waals surface area contributed by atoms with Crippen molar-refractivity contribution in [2.75, 3.05) is 6.54 Å². The highest BCUT2D eigenvalue weighted by Crippen LogP contribution is 2.28. The van der Waals surface area contributed by atoms with Crippen LogP contribution in [-0.4, -0.2) is 33.6 Å². The molecule has 5 nitrogen and oxygen atoms in total. The van der Waals surface area contributed by atoms with E-state index in [4.69, 9.17) is 5.73 Å². The Morgan fingerprint density at radius 2 is 1.74 bits per heavy atom. The molecule has 1 aliphatic heterocycles. The zero-order valence-corrected chi connectivity index (χ0v) is 15.3. The van der Waals surface area contributed by atoms with Gasteiger partial charge in [-0.1, -0.05) is 61.0 Å². The van der Waals surface area contributed by atoms with Gasteiger partial charge in [0.25, 0.3) is 0 Å². The number of carbonyl (C=O) groups excluding carboxylic acids is 1. The van der Waals surface area contributed by atoms with E-state index >= 15 is 0 Å². The van der Waals surface area contributed by atoms with Crippen molar-refractivity contribution >= 4 is 5.91 Å². The summed E-state index contributed by atoms with van der Waals surface area (Å²) in [7, 11) is 0. The quantitative estimate of drug-likeness (QED) is 0.730. The largest absolute Gasteiger partial charge is 0.368 e. The normalized spacial score (nSPS) is 17.7. The van der Waals surface area contributed by atoms with E-state index in [1.54, 1.807) is 0 Å². The summed E-state index contributed by atoms with van der Waals surface area (Å²) in [5, 5.41) is 7.37. The molecule has 0 bridgehead atoms. The smallest absolute Gasteiger partial charge is 0.234 e. The maximum Gasteiger partial charge on any atom is 0.234 e. The van der Waals surface area contributed by atoms with Gasteiger partial charge in [-0.05, 0) is 36.1 Å². The second-order valence-electron chi connectivity index (χ2n) is 7.10. The highest BCUT2D eigenvalue weighted by molar-refractivity contribution is 5.80. The Labute approximate surface area is 159 Å². The van der Waals surface area contributed by atoms with Gasteiger partial charge in [0.05, 0.1) is 17.9 Å². The number of amides is 1. The van der Waals surface area contributed by atoms with Gasteiger partial charge in [0, 0.05) is 12.1 Å². The number of benzene rings is 2. The van der Waals surface area contributed by atoms with Gasteiger partial charge in [0.1, 0.15) is 0 Å². The molecular weight excluding hydrogens is 336 g/mol. The number of H-pyrrole nitrogens is 1. The number of nitrogens with zero attached hydrogens (tertiary/aromatic N) is 2. The van der Waals surface area contributed by atoms with E-state index < -0.39 is 0 Å². The van der Waals surface area contributed by atoms with Crippen LogP contribution in [0.2, 0.25) is 0 Å². The molecule has 5 heteroatoms. The van der Waals surface area contributed by atoms with Crippen LogP contribution in [0.5, 0.6) is 0 Å². The van der Waals surface area contributed by atoms with Crippen LogP contribution in [0.3, 0.4) is 0 Å². The van der Waals surface area contributed by atoms with Gasteiger partial charge in [0.15, 0.2) is 0 Å². The number of nitrogens with one attached hydrogen (secondary N) is 1. The molecule has 2 heterocycles. The molecule has 0 saturated carbocycles. The lowest BCUT2D eigenvalue weighted by molar-refractivity contribution is -0.124. The van der Waals surface area contributed by atoms with Gasteiger partial charge in [-0.25, -0.2) is 0 Å². The molecule has 0 radical (unpaired) electrons. The molecule has 0 spiro atoms. The van der Waals surface area contributed by atoms with Gasteiger partial charge in [-0.3, -0.25) is 14.8 Å². The molecule has 0 unspecified atom stereocenters. The summed E-state index contributed by atoms with van der Waals surface area (Å²) in [5.41, 5.74) is 11.2. The second kappa shape index (κ2) is 7.76. The van der Waals surface area contributed by atoms with Crippen molar-refractivity contribution in [1.29, 1.82) is 0 Å². The lowest BCUT2D eigenvalue weighted by atomic mass is 9.99. The number of aromatic amines is 1. The molecule has 27 heavy (non-hydrogen) atoms. The number of likely N-dealkylation sites (tertiary alicyclic amines) is 1. The number of hydrogen-bond donors (Lipinski definition) is 2. The van der Waals surface area contributed by atoms with E-state index in [2.05, 4.69) is 51.5 Å². The molecule has 3 N–H and O–H groups in total. The molecule has 1 atom stereocenters. The standard InChI is InChI=1S/C22H24N4O/c23-22(27)20-8-4-5-13-26(20)15-19-14-24-25-21(19)18-11-9-17(10-12-18)16-6-2-1-3-7-16/h1-3,6-7,9-12,14,20H,4-5,8,13,15H2,(H2,23,27)(H,24,25)/t20-/m1/s1. The van der Waals surface area contributed by atoms with E-state index in [0.29, 0.717) is 6.54 Å². The first kappa shape index (κ1) is 17.5. The summed E-state index contributed by atoms with van der Waals surface area (Å²) in [6.07, 6.45) is 4.85. The van der Waals surface area contributed by atoms with Crippen LogP contribution in [0.1, 0.15) is 24.8 Å². The Hall–Kier alpha value is -2.92. The number of carbonyl (C=O) groups is 1. The Bertz CT molecular complexity index is 902. The van der Waals surface area contributed by atoms with E-state index in [1.165, 1.54) is 11.1 Å². The molecule has 1 aromatic heterocycles. The molecule has 1 amide bonds. The fourth-order valence-corrected chi connectivity index (χ4v) is 3.86. The predicted molar refractivity (Wildman–Crippen MR) is 107 cm³/mol. The summed E-state index contributed by atoms with van der Waals surface area (Å²) in [5.74, 6) is -0.230. The number of rotatable bonds is 5. The van der Waals surface area contributed by atoms with Crippen LogP contribution in [0.4, 0.5) is 0 Å². The maximum absolute atomic E-state index is 11.8. The lowest BCUT2D eigenvalue weighted by Gasteiger charge is -2.33. The molecule has 0 aliphatic carbocycles. The van der Waals surface area contributed by atoms with Gasteiger partial charge in [-0.15, -0.1) is 0 Å². The third kappa shape index (κ3) is 3.78. The molecule has 4 rings (SSSR count). The van der Waals surface area contributed by atoms with Crippen molar-refractivity contribution < 1.29 is 4.79 Å². The molecular formula is C22H24N4O. The van der Waals surface area contributed by atoms with Gasteiger partial charge in [-0.2, -0.15) is 5.10 Å². The number of piperidine rings is 1. The lowest BCUT2D eigenvalue weighted by Crippen LogP contribution is -2.47. The van der Waals surface area contributed by atoms with Crippen LogP contribution in [0.15, 0.2) is 60.8 Å². The Kier molecular flexibility index (Phi) is 5.03. The molecule has 2 aromatic carbocycles. The van der Waals surface area contributed by atoms with E-state index in [0.717, 1.165) is 42.6 Å². The van der Waals surface area contributed by atoms with Gasteiger partial charge in [0.2, 0.25) is 5.91 Å². The minimum atomic E-state index is -0.230. The average molecular weight is 360 g/mol. The topological polar surface area (TPSA) is 75.0 Å². The fourth-order valence-electron chi connectivity index (χ4n) is 3.86. The van der Waals surface area contributed by atoms with Crippen molar-refractivity contribution in [2.45, 2.75) is 31.8 Å². The van der Waals surface area contributed by atoms with Crippen molar-refractivity contribution in [2.24, 2.45) is 5.73 Å². The SMILES string of the molecule is NC(=O)[C@H]1CCCCN1Cc1cn[nH]c1-c1ccc(-c2ccccc2)cc1. The Morgan fingerprint density at radius 3 is 2.48 bits per heavy atom. The van der Waals surface area contributed by atoms with E-state index in [9.17, 15) is 4.79 Å². The third-order valence-electron chi connectivity index (χ3n) is 5.31. The molecule has 1 saturated heterocycles. The zero-order valence-electron chi connectivity index (χ0n) is 15.3. The van der Waals surface area contributed by atoms with Crippen molar-refractivity contribution in [1.82, 2.24) is 15.1 Å². The van der Waals surface area contributed by atoms with E-state index in [1.807, 2.05) is 24.4 Å². The third-order valence-corrected chi connectivity index (χ3v) is 5.31. The summed E-state index contributed by atoms with van der Waals surface area (Å²) in [4.78, 5) is 14.0.